The Morgan fingerprint density at radius 1 is 1.18 bits per heavy atom. The molecule has 4 rings (SSSR count). The minimum absolute atomic E-state index is 0.143. The van der Waals surface area contributed by atoms with Gasteiger partial charge in [0.15, 0.2) is 0 Å². The molecule has 2 aliphatic heterocycles. The van der Waals surface area contributed by atoms with Gasteiger partial charge in [-0.2, -0.15) is 5.26 Å². The average molecular weight is 383 g/mol. The summed E-state index contributed by atoms with van der Waals surface area (Å²) in [6.07, 6.45) is 4.59. The zero-order valence-electron chi connectivity index (χ0n) is 17.1. The fourth-order valence-corrected chi connectivity index (χ4v) is 4.89. The number of carbonyl (C=O) groups excluding carboxylic acids is 1. The molecule has 0 saturated carbocycles. The van der Waals surface area contributed by atoms with E-state index in [2.05, 4.69) is 17.0 Å². The highest BCUT2D eigenvalue weighted by atomic mass is 16.6. The number of benzene rings is 1. The molecule has 0 aromatic heterocycles. The van der Waals surface area contributed by atoms with E-state index in [-0.39, 0.29) is 24.2 Å². The molecule has 0 radical (unpaired) electrons. The lowest BCUT2D eigenvalue weighted by Gasteiger charge is -2.42. The van der Waals surface area contributed by atoms with Gasteiger partial charge >= 0.3 is 6.09 Å². The minimum atomic E-state index is -0.485. The van der Waals surface area contributed by atoms with Crippen molar-refractivity contribution in [3.63, 3.8) is 0 Å². The second-order valence-electron chi connectivity index (χ2n) is 9.43. The third-order valence-corrected chi connectivity index (χ3v) is 6.13. The molecule has 6 nitrogen and oxygen atoms in total. The highest BCUT2D eigenvalue weighted by Gasteiger charge is 2.44. The maximum atomic E-state index is 12.7. The Balaban J connectivity index is 1.57. The number of amides is 1. The second kappa shape index (κ2) is 6.97. The van der Waals surface area contributed by atoms with Crippen molar-refractivity contribution < 1.29 is 9.53 Å². The fraction of sp³-hybridized carbons (Fsp3) is 0.636. The minimum Gasteiger partial charge on any atom is -0.444 e. The highest BCUT2D eigenvalue weighted by Crippen LogP contribution is 2.36. The van der Waals surface area contributed by atoms with Crippen LogP contribution in [-0.4, -0.2) is 47.8 Å². The zero-order chi connectivity index (χ0) is 20.1. The van der Waals surface area contributed by atoms with E-state index in [0.717, 1.165) is 56.4 Å². The number of nitrogens with zero attached hydrogens (tertiary/aromatic N) is 3. The van der Waals surface area contributed by atoms with Crippen molar-refractivity contribution >= 4 is 11.8 Å². The van der Waals surface area contributed by atoms with Crippen LogP contribution in [0.25, 0.3) is 0 Å². The molecule has 2 saturated heterocycles. The van der Waals surface area contributed by atoms with Crippen molar-refractivity contribution in [1.29, 1.82) is 5.26 Å². The van der Waals surface area contributed by atoms with Gasteiger partial charge in [0, 0.05) is 19.1 Å². The standard InChI is InChI=1S/C22H30N4O2/c1-22(2,3)28-21(27)26-18-6-7-19(26)13-25(12-18)20-10-14-4-5-17(24)9-15(14)8-16(20)11-23/h8,10,17-19H,4-7,9,12-13,24H2,1-3H3. The Hall–Kier alpha value is -2.26. The summed E-state index contributed by atoms with van der Waals surface area (Å²) < 4.78 is 5.63. The quantitative estimate of drug-likeness (QED) is 0.807. The van der Waals surface area contributed by atoms with Crippen LogP contribution in [0.1, 0.15) is 56.7 Å². The first-order valence-electron chi connectivity index (χ1n) is 10.3. The first-order chi connectivity index (χ1) is 13.2. The molecule has 3 aliphatic rings. The predicted octanol–water partition coefficient (Wildman–Crippen LogP) is 2.96. The average Bonchev–Trinajstić information content (AvgIpc) is 2.89. The van der Waals surface area contributed by atoms with Gasteiger partial charge in [-0.05, 0) is 76.1 Å². The molecule has 150 valence electrons. The largest absolute Gasteiger partial charge is 0.444 e. The first-order valence-corrected chi connectivity index (χ1v) is 10.3. The molecular weight excluding hydrogens is 352 g/mol. The molecule has 1 amide bonds. The Labute approximate surface area is 167 Å². The summed E-state index contributed by atoms with van der Waals surface area (Å²) in [6, 6.07) is 7.09. The number of nitriles is 1. The molecule has 3 unspecified atom stereocenters. The van der Waals surface area contributed by atoms with Crippen LogP contribution in [-0.2, 0) is 17.6 Å². The number of carbonyl (C=O) groups is 1. The summed E-state index contributed by atoms with van der Waals surface area (Å²) in [6.45, 7) is 7.22. The third-order valence-electron chi connectivity index (χ3n) is 6.13. The fourth-order valence-electron chi connectivity index (χ4n) is 4.89. The van der Waals surface area contributed by atoms with E-state index < -0.39 is 5.60 Å². The number of piperazine rings is 1. The number of anilines is 1. The molecule has 2 bridgehead atoms. The molecule has 3 atom stereocenters. The van der Waals surface area contributed by atoms with Gasteiger partial charge in [-0.3, -0.25) is 4.90 Å². The van der Waals surface area contributed by atoms with E-state index in [1.54, 1.807) is 0 Å². The molecule has 2 fully saturated rings. The molecule has 0 spiro atoms. The van der Waals surface area contributed by atoms with E-state index in [9.17, 15) is 10.1 Å². The molecule has 2 heterocycles. The van der Waals surface area contributed by atoms with Gasteiger partial charge in [-0.25, -0.2) is 4.79 Å². The maximum Gasteiger partial charge on any atom is 0.410 e. The van der Waals surface area contributed by atoms with Crippen molar-refractivity contribution in [2.24, 2.45) is 5.73 Å². The van der Waals surface area contributed by atoms with Gasteiger partial charge in [0.25, 0.3) is 0 Å². The Bertz CT molecular complexity index is 809. The van der Waals surface area contributed by atoms with Gasteiger partial charge in [0.2, 0.25) is 0 Å². The molecule has 28 heavy (non-hydrogen) atoms. The van der Waals surface area contributed by atoms with Crippen LogP contribution >= 0.6 is 0 Å². The monoisotopic (exact) mass is 382 g/mol. The van der Waals surface area contributed by atoms with E-state index >= 15 is 0 Å². The molecule has 1 aromatic carbocycles. The maximum absolute atomic E-state index is 12.7. The zero-order valence-corrected chi connectivity index (χ0v) is 17.1. The number of rotatable bonds is 1. The number of nitrogens with two attached hydrogens (primary N) is 1. The van der Waals surface area contributed by atoms with Crippen LogP contribution in [0.5, 0.6) is 0 Å². The molecule has 6 heteroatoms. The lowest BCUT2D eigenvalue weighted by atomic mass is 9.87. The molecule has 1 aromatic rings. The lowest BCUT2D eigenvalue weighted by molar-refractivity contribution is 0.0123. The first kappa shape index (κ1) is 19.1. The van der Waals surface area contributed by atoms with Crippen LogP contribution in [0, 0.1) is 11.3 Å². The normalized spacial score (nSPS) is 26.6. The van der Waals surface area contributed by atoms with E-state index in [4.69, 9.17) is 10.5 Å². The highest BCUT2D eigenvalue weighted by molar-refractivity contribution is 5.71. The number of fused-ring (bicyclic) bond motifs is 3. The van der Waals surface area contributed by atoms with Crippen molar-refractivity contribution in [2.45, 2.75) is 76.6 Å². The van der Waals surface area contributed by atoms with Crippen LogP contribution in [0.3, 0.4) is 0 Å². The second-order valence-corrected chi connectivity index (χ2v) is 9.43. The summed E-state index contributed by atoms with van der Waals surface area (Å²) in [5, 5.41) is 9.74. The van der Waals surface area contributed by atoms with Crippen molar-refractivity contribution in [3.8, 4) is 6.07 Å². The molecule has 1 aliphatic carbocycles. The lowest BCUT2D eigenvalue weighted by Crippen LogP contribution is -2.57. The van der Waals surface area contributed by atoms with Crippen LogP contribution in [0.2, 0.25) is 0 Å². The topological polar surface area (TPSA) is 82.6 Å². The third kappa shape index (κ3) is 3.56. The summed E-state index contributed by atoms with van der Waals surface area (Å²) in [4.78, 5) is 16.9. The van der Waals surface area contributed by atoms with Crippen LogP contribution < -0.4 is 10.6 Å². The van der Waals surface area contributed by atoms with Gasteiger partial charge < -0.3 is 15.4 Å². The number of hydrogen-bond acceptors (Lipinski definition) is 5. The van der Waals surface area contributed by atoms with Crippen molar-refractivity contribution in [1.82, 2.24) is 4.90 Å². The van der Waals surface area contributed by atoms with Crippen molar-refractivity contribution in [3.05, 3.63) is 28.8 Å². The Morgan fingerprint density at radius 3 is 2.46 bits per heavy atom. The molecular formula is C22H30N4O2. The Kier molecular flexibility index (Phi) is 4.75. The van der Waals surface area contributed by atoms with Gasteiger partial charge in [-0.15, -0.1) is 0 Å². The van der Waals surface area contributed by atoms with E-state index in [1.165, 1.54) is 11.1 Å². The summed E-state index contributed by atoms with van der Waals surface area (Å²) in [7, 11) is 0. The summed E-state index contributed by atoms with van der Waals surface area (Å²) in [5.41, 5.74) is 9.89. The number of hydrogen-bond donors (Lipinski definition) is 1. The summed E-state index contributed by atoms with van der Waals surface area (Å²) >= 11 is 0. The number of aryl methyl sites for hydroxylation is 1. The smallest absolute Gasteiger partial charge is 0.410 e. The van der Waals surface area contributed by atoms with E-state index in [0.29, 0.717) is 0 Å². The number of ether oxygens (including phenoxy) is 1. The van der Waals surface area contributed by atoms with E-state index in [1.807, 2.05) is 31.7 Å². The molecule has 2 N–H and O–H groups in total. The van der Waals surface area contributed by atoms with Gasteiger partial charge in [-0.1, -0.05) is 0 Å². The predicted molar refractivity (Wildman–Crippen MR) is 108 cm³/mol. The van der Waals surface area contributed by atoms with Crippen molar-refractivity contribution in [2.75, 3.05) is 18.0 Å². The van der Waals surface area contributed by atoms with Gasteiger partial charge in [0.1, 0.15) is 11.7 Å². The Morgan fingerprint density at radius 2 is 1.86 bits per heavy atom. The van der Waals surface area contributed by atoms with Crippen LogP contribution in [0.4, 0.5) is 10.5 Å². The SMILES string of the molecule is CC(C)(C)OC(=O)N1C2CCC1CN(c1cc3c(cc1C#N)CC(N)CC3)C2. The van der Waals surface area contributed by atoms with Crippen LogP contribution in [0.15, 0.2) is 12.1 Å². The van der Waals surface area contributed by atoms with Gasteiger partial charge in [0.05, 0.1) is 23.3 Å². The summed E-state index contributed by atoms with van der Waals surface area (Å²) in [5.74, 6) is 0.